The van der Waals surface area contributed by atoms with E-state index in [2.05, 4.69) is 5.32 Å². The number of aryl methyl sites for hydroxylation is 3. The summed E-state index contributed by atoms with van der Waals surface area (Å²) in [4.78, 5) is 29.5. The van der Waals surface area contributed by atoms with Gasteiger partial charge in [0.05, 0.1) is 10.6 Å². The SMILES string of the molecule is CCC(C(=O)NC1CCCC1)N(Cc1ccccc1C)C(=O)CN(c1cc(Cl)ccc1C)S(=O)(=O)c1ccc(C)cc1. The Kier molecular flexibility index (Phi) is 10.3. The molecule has 1 saturated carbocycles. The first-order valence-electron chi connectivity index (χ1n) is 14.5. The number of hydrogen-bond donors (Lipinski definition) is 1. The minimum Gasteiger partial charge on any atom is -0.352 e. The van der Waals surface area contributed by atoms with Crippen molar-refractivity contribution in [1.29, 1.82) is 0 Å². The van der Waals surface area contributed by atoms with Crippen molar-refractivity contribution < 1.29 is 18.0 Å². The Labute approximate surface area is 254 Å². The lowest BCUT2D eigenvalue weighted by Gasteiger charge is -2.34. The maximum Gasteiger partial charge on any atom is 0.264 e. The van der Waals surface area contributed by atoms with Gasteiger partial charge in [-0.2, -0.15) is 0 Å². The molecule has 1 aliphatic carbocycles. The second-order valence-electron chi connectivity index (χ2n) is 11.1. The van der Waals surface area contributed by atoms with Crippen LogP contribution in [0.3, 0.4) is 0 Å². The van der Waals surface area contributed by atoms with Gasteiger partial charge in [-0.25, -0.2) is 8.42 Å². The summed E-state index contributed by atoms with van der Waals surface area (Å²) in [6.07, 6.45) is 4.36. The molecule has 0 spiro atoms. The first kappa shape index (κ1) is 31.6. The largest absolute Gasteiger partial charge is 0.352 e. The normalized spacial score (nSPS) is 14.4. The van der Waals surface area contributed by atoms with Crippen molar-refractivity contribution in [3.63, 3.8) is 0 Å². The summed E-state index contributed by atoms with van der Waals surface area (Å²) in [5.74, 6) is -0.681. The van der Waals surface area contributed by atoms with E-state index in [9.17, 15) is 18.0 Å². The minimum absolute atomic E-state index is 0.0664. The fraction of sp³-hybridized carbons (Fsp3) is 0.394. The number of anilines is 1. The lowest BCUT2D eigenvalue weighted by Crippen LogP contribution is -2.53. The molecular weight excluding hydrogens is 570 g/mol. The summed E-state index contributed by atoms with van der Waals surface area (Å²) >= 11 is 6.33. The summed E-state index contributed by atoms with van der Waals surface area (Å²) in [6, 6.07) is 18.5. The fourth-order valence-corrected chi connectivity index (χ4v) is 7.10. The zero-order chi connectivity index (χ0) is 30.4. The van der Waals surface area contributed by atoms with Crippen LogP contribution < -0.4 is 9.62 Å². The van der Waals surface area contributed by atoms with Crippen LogP contribution in [-0.2, 0) is 26.2 Å². The molecular formula is C33H40ClN3O4S. The molecule has 0 bridgehead atoms. The molecule has 224 valence electrons. The molecule has 1 aliphatic rings. The number of nitrogens with zero attached hydrogens (tertiary/aromatic N) is 2. The van der Waals surface area contributed by atoms with Crippen LogP contribution in [0.15, 0.2) is 71.6 Å². The zero-order valence-corrected chi connectivity index (χ0v) is 26.3. The lowest BCUT2D eigenvalue weighted by atomic mass is 10.1. The fourth-order valence-electron chi connectivity index (χ4n) is 5.46. The van der Waals surface area contributed by atoms with Gasteiger partial charge in [-0.05, 0) is 81.0 Å². The summed E-state index contributed by atoms with van der Waals surface area (Å²) in [7, 11) is -4.16. The van der Waals surface area contributed by atoms with Crippen LogP contribution in [0.5, 0.6) is 0 Å². The smallest absolute Gasteiger partial charge is 0.264 e. The molecule has 1 unspecified atom stereocenters. The van der Waals surface area contributed by atoms with E-state index in [0.717, 1.165) is 46.7 Å². The van der Waals surface area contributed by atoms with Crippen LogP contribution in [0.25, 0.3) is 0 Å². The number of rotatable bonds is 11. The molecule has 1 atom stereocenters. The average Bonchev–Trinajstić information content (AvgIpc) is 3.47. The quantitative estimate of drug-likeness (QED) is 0.275. The van der Waals surface area contributed by atoms with Gasteiger partial charge >= 0.3 is 0 Å². The first-order valence-corrected chi connectivity index (χ1v) is 16.3. The second kappa shape index (κ2) is 13.7. The van der Waals surface area contributed by atoms with Gasteiger partial charge in [0.15, 0.2) is 0 Å². The maximum atomic E-state index is 14.3. The predicted octanol–water partition coefficient (Wildman–Crippen LogP) is 6.33. The number of carbonyl (C=O) groups excluding carboxylic acids is 2. The number of benzene rings is 3. The number of sulfonamides is 1. The van der Waals surface area contributed by atoms with Crippen molar-refractivity contribution in [1.82, 2.24) is 10.2 Å². The summed E-state index contributed by atoms with van der Waals surface area (Å²) < 4.78 is 29.3. The third-order valence-corrected chi connectivity index (χ3v) is 10.0. The third-order valence-electron chi connectivity index (χ3n) is 8.02. The maximum absolute atomic E-state index is 14.3. The molecule has 0 radical (unpaired) electrons. The summed E-state index contributed by atoms with van der Waals surface area (Å²) in [5, 5.41) is 3.50. The van der Waals surface area contributed by atoms with Crippen LogP contribution in [0.4, 0.5) is 5.69 Å². The Morgan fingerprint density at radius 1 is 0.952 bits per heavy atom. The molecule has 3 aromatic carbocycles. The van der Waals surface area contributed by atoms with Crippen LogP contribution in [0.2, 0.25) is 5.02 Å². The highest BCUT2D eigenvalue weighted by Crippen LogP contribution is 2.30. The van der Waals surface area contributed by atoms with E-state index < -0.39 is 28.5 Å². The van der Waals surface area contributed by atoms with E-state index in [0.29, 0.717) is 22.7 Å². The van der Waals surface area contributed by atoms with Gasteiger partial charge in [0.2, 0.25) is 11.8 Å². The van der Waals surface area contributed by atoms with Gasteiger partial charge in [-0.15, -0.1) is 0 Å². The molecule has 0 aromatic heterocycles. The van der Waals surface area contributed by atoms with E-state index in [-0.39, 0.29) is 23.4 Å². The van der Waals surface area contributed by atoms with Crippen LogP contribution in [-0.4, -0.2) is 43.8 Å². The van der Waals surface area contributed by atoms with Crippen LogP contribution >= 0.6 is 11.6 Å². The Balaban J connectivity index is 1.75. The highest BCUT2D eigenvalue weighted by Gasteiger charge is 2.35. The summed E-state index contributed by atoms with van der Waals surface area (Å²) in [6.45, 7) is 7.18. The molecule has 0 heterocycles. The Morgan fingerprint density at radius 3 is 2.26 bits per heavy atom. The van der Waals surface area contributed by atoms with Gasteiger partial charge < -0.3 is 10.2 Å². The second-order valence-corrected chi connectivity index (χ2v) is 13.4. The molecule has 7 nitrogen and oxygen atoms in total. The molecule has 1 N–H and O–H groups in total. The number of nitrogens with one attached hydrogen (secondary N) is 1. The summed E-state index contributed by atoms with van der Waals surface area (Å²) in [5.41, 5.74) is 3.76. The monoisotopic (exact) mass is 609 g/mol. The number of halogens is 1. The standard InChI is InChI=1S/C33H40ClN3O4S/c1-5-30(33(39)35-28-12-8-9-13-28)36(21-26-11-7-6-10-24(26)3)32(38)22-37(31-20-27(34)17-16-25(31)4)42(40,41)29-18-14-23(2)15-19-29/h6-7,10-11,14-20,28,30H,5,8-9,12-13,21-22H2,1-4H3,(H,35,39). The molecule has 2 amide bonds. The first-order chi connectivity index (χ1) is 20.0. The van der Waals surface area contributed by atoms with Gasteiger partial charge in [0, 0.05) is 17.6 Å². The van der Waals surface area contributed by atoms with Crippen LogP contribution in [0, 0.1) is 20.8 Å². The van der Waals surface area contributed by atoms with Gasteiger partial charge in [0.1, 0.15) is 12.6 Å². The van der Waals surface area contributed by atoms with E-state index in [1.165, 1.54) is 17.0 Å². The topological polar surface area (TPSA) is 86.8 Å². The molecule has 0 saturated heterocycles. The molecule has 1 fully saturated rings. The van der Waals surface area contributed by atoms with E-state index in [4.69, 9.17) is 11.6 Å². The van der Waals surface area contributed by atoms with Crippen molar-refractivity contribution in [2.75, 3.05) is 10.8 Å². The van der Waals surface area contributed by atoms with Gasteiger partial charge in [0.25, 0.3) is 10.0 Å². The Hall–Kier alpha value is -3.36. The zero-order valence-electron chi connectivity index (χ0n) is 24.8. The molecule has 9 heteroatoms. The van der Waals surface area contributed by atoms with Crippen molar-refractivity contribution in [3.05, 3.63) is 94.0 Å². The number of amides is 2. The van der Waals surface area contributed by atoms with Crippen LogP contribution in [0.1, 0.15) is 61.3 Å². The van der Waals surface area contributed by atoms with Crippen molar-refractivity contribution >= 4 is 39.1 Å². The lowest BCUT2D eigenvalue weighted by molar-refractivity contribution is -0.140. The molecule has 0 aliphatic heterocycles. The van der Waals surface area contributed by atoms with Gasteiger partial charge in [-0.3, -0.25) is 13.9 Å². The minimum atomic E-state index is -4.16. The van der Waals surface area contributed by atoms with Crippen molar-refractivity contribution in [2.45, 2.75) is 83.3 Å². The third kappa shape index (κ3) is 7.34. The average molecular weight is 610 g/mol. The van der Waals surface area contributed by atoms with E-state index in [1.807, 2.05) is 45.0 Å². The number of carbonyl (C=O) groups is 2. The van der Waals surface area contributed by atoms with E-state index >= 15 is 0 Å². The van der Waals surface area contributed by atoms with Crippen molar-refractivity contribution in [3.8, 4) is 0 Å². The van der Waals surface area contributed by atoms with Crippen molar-refractivity contribution in [2.24, 2.45) is 0 Å². The molecule has 3 aromatic rings. The number of hydrogen-bond acceptors (Lipinski definition) is 4. The molecule has 4 rings (SSSR count). The molecule has 42 heavy (non-hydrogen) atoms. The Morgan fingerprint density at radius 2 is 1.62 bits per heavy atom. The van der Waals surface area contributed by atoms with Gasteiger partial charge in [-0.1, -0.05) is 79.4 Å². The highest BCUT2D eigenvalue weighted by atomic mass is 35.5. The van der Waals surface area contributed by atoms with E-state index in [1.54, 1.807) is 37.3 Å². The highest BCUT2D eigenvalue weighted by molar-refractivity contribution is 7.92. The predicted molar refractivity (Wildman–Crippen MR) is 168 cm³/mol. The Bertz CT molecular complexity index is 1520.